The molecule has 0 aliphatic rings. The average Bonchev–Trinajstić information content (AvgIpc) is 2.79. The zero-order chi connectivity index (χ0) is 13.7. The molecule has 1 amide bonds. The average molecular weight is 261 g/mol. The number of carbonyl (C=O) groups excluding carboxylic acids is 1. The van der Waals surface area contributed by atoms with Crippen LogP contribution >= 0.6 is 0 Å². The maximum absolute atomic E-state index is 11.5. The lowest BCUT2D eigenvalue weighted by Crippen LogP contribution is -2.17. The number of nitrogens with zero attached hydrogens (tertiary/aromatic N) is 1. The van der Waals surface area contributed by atoms with Crippen LogP contribution in [0.5, 0.6) is 5.75 Å². The number of hydrogen-bond acceptors (Lipinski definition) is 4. The molecule has 2 rings (SSSR count). The summed E-state index contributed by atoms with van der Waals surface area (Å²) in [7, 11) is 1.46. The molecule has 1 aromatic carbocycles. The lowest BCUT2D eigenvalue weighted by molar-refractivity contribution is -0.119. The summed E-state index contributed by atoms with van der Waals surface area (Å²) in [5, 5.41) is 10.3. The molecule has 0 unspecified atom stereocenters. The number of ether oxygens (including phenoxy) is 2. The fraction of sp³-hybridized carbons (Fsp3) is 0.231. The molecule has 0 saturated heterocycles. The number of hydrogen-bond donors (Lipinski definition) is 2. The number of aromatic amines is 1. The molecule has 100 valence electrons. The van der Waals surface area contributed by atoms with E-state index in [-0.39, 0.29) is 12.5 Å². The summed E-state index contributed by atoms with van der Waals surface area (Å²) >= 11 is 0. The Morgan fingerprint density at radius 3 is 3.16 bits per heavy atom. The van der Waals surface area contributed by atoms with Crippen LogP contribution in [0.25, 0.3) is 10.9 Å². The lowest BCUT2D eigenvalue weighted by Gasteiger charge is -2.04. The molecule has 0 aliphatic heterocycles. The Labute approximate surface area is 110 Å². The molecule has 0 spiro atoms. The minimum absolute atomic E-state index is 0.0129. The van der Waals surface area contributed by atoms with E-state index in [4.69, 9.17) is 9.47 Å². The van der Waals surface area contributed by atoms with Crippen molar-refractivity contribution in [2.75, 3.05) is 25.6 Å². The Hall–Kier alpha value is -2.34. The fourth-order valence-electron chi connectivity index (χ4n) is 1.63. The first-order valence-electron chi connectivity index (χ1n) is 5.75. The maximum Gasteiger partial charge on any atom is 0.251 e. The van der Waals surface area contributed by atoms with Crippen LogP contribution in [0.1, 0.15) is 0 Å². The Bertz CT molecular complexity index is 592. The zero-order valence-electron chi connectivity index (χ0n) is 10.6. The molecule has 6 nitrogen and oxygen atoms in total. The van der Waals surface area contributed by atoms with Crippen LogP contribution in [0.2, 0.25) is 0 Å². The number of fused-ring (bicyclic) bond motifs is 1. The van der Waals surface area contributed by atoms with Crippen molar-refractivity contribution < 1.29 is 14.3 Å². The van der Waals surface area contributed by atoms with Crippen molar-refractivity contribution in [2.45, 2.75) is 0 Å². The number of H-pyrrole nitrogens is 1. The van der Waals surface area contributed by atoms with E-state index in [0.29, 0.717) is 18.2 Å². The van der Waals surface area contributed by atoms with Gasteiger partial charge in [-0.2, -0.15) is 5.10 Å². The van der Waals surface area contributed by atoms with Gasteiger partial charge >= 0.3 is 0 Å². The van der Waals surface area contributed by atoms with Gasteiger partial charge in [0.2, 0.25) is 0 Å². The van der Waals surface area contributed by atoms with Crippen LogP contribution in [0.3, 0.4) is 0 Å². The highest BCUT2D eigenvalue weighted by Crippen LogP contribution is 2.25. The van der Waals surface area contributed by atoms with Gasteiger partial charge in [0.1, 0.15) is 19.0 Å². The highest BCUT2D eigenvalue weighted by atomic mass is 16.5. The smallest absolute Gasteiger partial charge is 0.251 e. The minimum atomic E-state index is -0.256. The molecule has 1 aromatic heterocycles. The lowest BCUT2D eigenvalue weighted by atomic mass is 10.2. The standard InChI is InChI=1S/C13H15N3O3/c1-3-6-19-9-4-5-11-10(7-9)13(16-15-11)14-12(17)8-18-2/h3-5,7H,1,6,8H2,2H3,(H2,14,15,16,17). The second-order valence-electron chi connectivity index (χ2n) is 3.86. The molecule has 6 heteroatoms. The molecule has 0 radical (unpaired) electrons. The predicted molar refractivity (Wildman–Crippen MR) is 72.3 cm³/mol. The van der Waals surface area contributed by atoms with Gasteiger partial charge in [-0.1, -0.05) is 12.7 Å². The number of benzene rings is 1. The Kier molecular flexibility index (Phi) is 4.15. The summed E-state index contributed by atoms with van der Waals surface area (Å²) in [4.78, 5) is 11.5. The molecule has 0 aliphatic carbocycles. The van der Waals surface area contributed by atoms with E-state index in [9.17, 15) is 4.79 Å². The van der Waals surface area contributed by atoms with E-state index in [1.54, 1.807) is 6.08 Å². The molecular formula is C13H15N3O3. The molecule has 1 heterocycles. The number of methoxy groups -OCH3 is 1. The summed E-state index contributed by atoms with van der Waals surface area (Å²) in [6, 6.07) is 5.47. The molecule has 2 aromatic rings. The molecule has 2 N–H and O–H groups in total. The second kappa shape index (κ2) is 6.01. The highest BCUT2D eigenvalue weighted by Gasteiger charge is 2.10. The number of nitrogens with one attached hydrogen (secondary N) is 2. The van der Waals surface area contributed by atoms with Gasteiger partial charge in [-0.15, -0.1) is 0 Å². The molecule has 0 atom stereocenters. The van der Waals surface area contributed by atoms with E-state index in [2.05, 4.69) is 22.1 Å². The van der Waals surface area contributed by atoms with Crippen molar-refractivity contribution in [3.63, 3.8) is 0 Å². The minimum Gasteiger partial charge on any atom is -0.490 e. The van der Waals surface area contributed by atoms with Crippen LogP contribution in [0, 0.1) is 0 Å². The van der Waals surface area contributed by atoms with Gasteiger partial charge in [-0.3, -0.25) is 9.89 Å². The topological polar surface area (TPSA) is 76.2 Å². The van der Waals surface area contributed by atoms with Gasteiger partial charge in [0.05, 0.1) is 5.52 Å². The number of rotatable bonds is 6. The number of carbonyl (C=O) groups is 1. The van der Waals surface area contributed by atoms with Gasteiger partial charge in [0.25, 0.3) is 5.91 Å². The van der Waals surface area contributed by atoms with E-state index in [0.717, 1.165) is 10.9 Å². The SMILES string of the molecule is C=CCOc1ccc2[nH]nc(NC(=O)COC)c2c1. The maximum atomic E-state index is 11.5. The fourth-order valence-corrected chi connectivity index (χ4v) is 1.63. The van der Waals surface area contributed by atoms with Crippen LogP contribution in [0.4, 0.5) is 5.82 Å². The molecule has 19 heavy (non-hydrogen) atoms. The van der Waals surface area contributed by atoms with Crippen LogP contribution < -0.4 is 10.1 Å². The quantitative estimate of drug-likeness (QED) is 0.776. The second-order valence-corrected chi connectivity index (χ2v) is 3.86. The first-order chi connectivity index (χ1) is 9.24. The Morgan fingerprint density at radius 1 is 1.58 bits per heavy atom. The van der Waals surface area contributed by atoms with Crippen molar-refractivity contribution >= 4 is 22.6 Å². The summed E-state index contributed by atoms with van der Waals surface area (Å²) in [6.07, 6.45) is 1.67. The normalized spacial score (nSPS) is 10.4. The molecule has 0 bridgehead atoms. The largest absolute Gasteiger partial charge is 0.490 e. The van der Waals surface area contributed by atoms with Crippen molar-refractivity contribution in [3.05, 3.63) is 30.9 Å². The van der Waals surface area contributed by atoms with E-state index in [1.807, 2.05) is 18.2 Å². The monoisotopic (exact) mass is 261 g/mol. The number of aromatic nitrogens is 2. The summed E-state index contributed by atoms with van der Waals surface area (Å²) < 4.78 is 10.2. The van der Waals surface area contributed by atoms with Gasteiger partial charge in [0.15, 0.2) is 5.82 Å². The van der Waals surface area contributed by atoms with Gasteiger partial charge < -0.3 is 14.8 Å². The van der Waals surface area contributed by atoms with Crippen molar-refractivity contribution in [2.24, 2.45) is 0 Å². The molecule has 0 fully saturated rings. The van der Waals surface area contributed by atoms with E-state index < -0.39 is 0 Å². The summed E-state index contributed by atoms with van der Waals surface area (Å²) in [5.41, 5.74) is 0.818. The van der Waals surface area contributed by atoms with Crippen LogP contribution in [-0.2, 0) is 9.53 Å². The number of amides is 1. The first-order valence-corrected chi connectivity index (χ1v) is 5.75. The van der Waals surface area contributed by atoms with Crippen molar-refractivity contribution in [3.8, 4) is 5.75 Å². The van der Waals surface area contributed by atoms with E-state index >= 15 is 0 Å². The van der Waals surface area contributed by atoms with Gasteiger partial charge in [-0.25, -0.2) is 0 Å². The molecule has 0 saturated carbocycles. The van der Waals surface area contributed by atoms with Gasteiger partial charge in [-0.05, 0) is 18.2 Å². The Morgan fingerprint density at radius 2 is 2.42 bits per heavy atom. The third-order valence-electron chi connectivity index (χ3n) is 2.44. The van der Waals surface area contributed by atoms with Gasteiger partial charge in [0, 0.05) is 12.5 Å². The molecular weight excluding hydrogens is 246 g/mol. The van der Waals surface area contributed by atoms with Crippen molar-refractivity contribution in [1.82, 2.24) is 10.2 Å². The van der Waals surface area contributed by atoms with Crippen LogP contribution in [0.15, 0.2) is 30.9 Å². The van der Waals surface area contributed by atoms with E-state index in [1.165, 1.54) is 7.11 Å². The highest BCUT2D eigenvalue weighted by molar-refractivity contribution is 6.00. The summed E-state index contributed by atoms with van der Waals surface area (Å²) in [6.45, 7) is 4.00. The summed E-state index contributed by atoms with van der Waals surface area (Å²) in [5.74, 6) is 0.894. The van der Waals surface area contributed by atoms with Crippen molar-refractivity contribution in [1.29, 1.82) is 0 Å². The zero-order valence-corrected chi connectivity index (χ0v) is 10.6. The Balaban J connectivity index is 2.23. The predicted octanol–water partition coefficient (Wildman–Crippen LogP) is 1.71. The van der Waals surface area contributed by atoms with Crippen LogP contribution in [-0.4, -0.2) is 36.4 Å². The third kappa shape index (κ3) is 3.11. The number of anilines is 1. The first kappa shape index (κ1) is 13.1. The third-order valence-corrected chi connectivity index (χ3v) is 2.44.